The first-order chi connectivity index (χ1) is 6.63. The third kappa shape index (κ3) is 4.65. The van der Waals surface area contributed by atoms with Gasteiger partial charge in [0.2, 0.25) is 0 Å². The lowest BCUT2D eigenvalue weighted by Gasteiger charge is -2.03. The molecule has 0 amide bonds. The molecule has 0 atom stereocenters. The maximum atomic E-state index is 10.9. The first-order valence-electron chi connectivity index (χ1n) is 4.77. The van der Waals surface area contributed by atoms with Gasteiger partial charge in [-0.1, -0.05) is 29.9 Å². The average Bonchev–Trinajstić information content (AvgIpc) is 2.14. The van der Waals surface area contributed by atoms with Crippen molar-refractivity contribution in [3.05, 3.63) is 35.5 Å². The Bertz CT molecular complexity index is 270. The monoisotopic (exact) mass is 194 g/mol. The molecule has 0 aliphatic carbocycles. The Morgan fingerprint density at radius 1 is 1.14 bits per heavy atom. The fourth-order valence-corrected chi connectivity index (χ4v) is 1.10. The molecule has 0 spiro atoms. The Labute approximate surface area is 85.6 Å². The molecule has 0 aromatic rings. The van der Waals surface area contributed by atoms with Crippen molar-refractivity contribution in [3.8, 4) is 0 Å². The summed E-state index contributed by atoms with van der Waals surface area (Å²) >= 11 is 0. The van der Waals surface area contributed by atoms with Crippen LogP contribution in [0.5, 0.6) is 0 Å². The van der Waals surface area contributed by atoms with Gasteiger partial charge in [0.15, 0.2) is 0 Å². The summed E-state index contributed by atoms with van der Waals surface area (Å²) in [5.41, 5.74) is 1.43. The van der Waals surface area contributed by atoms with Crippen molar-refractivity contribution < 1.29 is 9.90 Å². The molecule has 0 rings (SSSR count). The molecule has 0 radical (unpaired) electrons. The third-order valence-corrected chi connectivity index (χ3v) is 1.99. The van der Waals surface area contributed by atoms with Crippen molar-refractivity contribution in [2.75, 3.05) is 0 Å². The highest BCUT2D eigenvalue weighted by Crippen LogP contribution is 2.13. The van der Waals surface area contributed by atoms with Gasteiger partial charge < -0.3 is 5.11 Å². The van der Waals surface area contributed by atoms with E-state index < -0.39 is 5.97 Å². The van der Waals surface area contributed by atoms with Gasteiger partial charge in [-0.2, -0.15) is 0 Å². The molecular weight excluding hydrogens is 176 g/mol. The van der Waals surface area contributed by atoms with E-state index in [0.29, 0.717) is 12.0 Å². The lowest BCUT2D eigenvalue weighted by atomic mass is 10.0. The van der Waals surface area contributed by atoms with Crippen LogP contribution in [0.1, 0.15) is 33.6 Å². The van der Waals surface area contributed by atoms with Gasteiger partial charge in [-0.05, 0) is 33.6 Å². The molecule has 0 aliphatic heterocycles. The zero-order valence-electron chi connectivity index (χ0n) is 9.08. The molecule has 0 unspecified atom stereocenters. The molecule has 2 nitrogen and oxygen atoms in total. The van der Waals surface area contributed by atoms with Crippen LogP contribution in [0.4, 0.5) is 0 Å². The lowest BCUT2D eigenvalue weighted by Crippen LogP contribution is -2.02. The molecule has 0 saturated carbocycles. The van der Waals surface area contributed by atoms with Gasteiger partial charge in [0, 0.05) is 5.57 Å². The fourth-order valence-electron chi connectivity index (χ4n) is 1.10. The highest BCUT2D eigenvalue weighted by Gasteiger charge is 2.08. The van der Waals surface area contributed by atoms with Crippen molar-refractivity contribution in [1.82, 2.24) is 0 Å². The van der Waals surface area contributed by atoms with Crippen LogP contribution in [0.3, 0.4) is 0 Å². The van der Waals surface area contributed by atoms with Crippen LogP contribution >= 0.6 is 0 Å². The Kier molecular flexibility index (Phi) is 6.46. The summed E-state index contributed by atoms with van der Waals surface area (Å²) in [6.45, 7) is 5.69. The Morgan fingerprint density at radius 2 is 1.64 bits per heavy atom. The second-order valence-corrected chi connectivity index (χ2v) is 3.11. The Morgan fingerprint density at radius 3 is 2.07 bits per heavy atom. The van der Waals surface area contributed by atoms with E-state index in [1.807, 2.05) is 45.1 Å². The first-order valence-corrected chi connectivity index (χ1v) is 4.77. The molecule has 0 bridgehead atoms. The Hall–Kier alpha value is -1.31. The van der Waals surface area contributed by atoms with E-state index in [0.717, 1.165) is 12.0 Å². The van der Waals surface area contributed by atoms with Crippen LogP contribution in [0.2, 0.25) is 0 Å². The minimum absolute atomic E-state index is 0.501. The van der Waals surface area contributed by atoms with Crippen LogP contribution in [0.15, 0.2) is 35.5 Å². The number of carbonyl (C=O) groups is 1. The Balaban J connectivity index is 4.66. The molecule has 0 heterocycles. The van der Waals surface area contributed by atoms with Gasteiger partial charge in [-0.15, -0.1) is 0 Å². The van der Waals surface area contributed by atoms with Crippen LogP contribution in [-0.2, 0) is 4.79 Å². The summed E-state index contributed by atoms with van der Waals surface area (Å²) in [7, 11) is 0. The van der Waals surface area contributed by atoms with Crippen LogP contribution < -0.4 is 0 Å². The number of allylic oxidation sites excluding steroid dienone is 5. The van der Waals surface area contributed by atoms with Crippen LogP contribution in [-0.4, -0.2) is 11.1 Å². The zero-order valence-corrected chi connectivity index (χ0v) is 9.08. The molecule has 2 heteroatoms. The number of carboxylic acid groups (broad SMARTS) is 1. The molecule has 0 fully saturated rings. The van der Waals surface area contributed by atoms with Gasteiger partial charge in [0.05, 0.1) is 0 Å². The topological polar surface area (TPSA) is 37.3 Å². The number of hydrogen-bond donors (Lipinski definition) is 1. The molecule has 0 saturated heterocycles. The molecule has 14 heavy (non-hydrogen) atoms. The second kappa shape index (κ2) is 7.13. The van der Waals surface area contributed by atoms with Gasteiger partial charge in [-0.3, -0.25) is 0 Å². The lowest BCUT2D eigenvalue weighted by molar-refractivity contribution is -0.132. The van der Waals surface area contributed by atoms with E-state index in [2.05, 4.69) is 0 Å². The number of rotatable bonds is 5. The summed E-state index contributed by atoms with van der Waals surface area (Å²) < 4.78 is 0. The maximum Gasteiger partial charge on any atom is 0.331 e. The van der Waals surface area contributed by atoms with E-state index in [1.165, 1.54) is 0 Å². The van der Waals surface area contributed by atoms with Crippen LogP contribution in [0, 0.1) is 0 Å². The summed E-state index contributed by atoms with van der Waals surface area (Å²) in [6, 6.07) is 0. The largest absolute Gasteiger partial charge is 0.478 e. The highest BCUT2D eigenvalue weighted by atomic mass is 16.4. The van der Waals surface area contributed by atoms with Crippen molar-refractivity contribution in [2.24, 2.45) is 0 Å². The smallest absolute Gasteiger partial charge is 0.331 e. The molecular formula is C12H18O2. The number of carboxylic acids is 1. The van der Waals surface area contributed by atoms with Crippen molar-refractivity contribution >= 4 is 5.97 Å². The van der Waals surface area contributed by atoms with Crippen molar-refractivity contribution in [2.45, 2.75) is 33.6 Å². The summed E-state index contributed by atoms with van der Waals surface area (Å²) in [5, 5.41) is 8.95. The third-order valence-electron chi connectivity index (χ3n) is 1.99. The van der Waals surface area contributed by atoms with E-state index in [4.69, 9.17) is 5.11 Å². The molecule has 1 N–H and O–H groups in total. The van der Waals surface area contributed by atoms with E-state index >= 15 is 0 Å². The van der Waals surface area contributed by atoms with Crippen molar-refractivity contribution in [3.63, 3.8) is 0 Å². The zero-order chi connectivity index (χ0) is 11.0. The van der Waals surface area contributed by atoms with Crippen LogP contribution in [0.25, 0.3) is 0 Å². The van der Waals surface area contributed by atoms with Gasteiger partial charge in [0.25, 0.3) is 0 Å². The predicted molar refractivity (Wildman–Crippen MR) is 59.2 cm³/mol. The first kappa shape index (κ1) is 12.7. The summed E-state index contributed by atoms with van der Waals surface area (Å²) in [5.74, 6) is -0.815. The maximum absolute atomic E-state index is 10.9. The van der Waals surface area contributed by atoms with E-state index in [-0.39, 0.29) is 0 Å². The minimum atomic E-state index is -0.815. The highest BCUT2D eigenvalue weighted by molar-refractivity contribution is 5.87. The molecule has 78 valence electrons. The second-order valence-electron chi connectivity index (χ2n) is 3.11. The quantitative estimate of drug-likeness (QED) is 0.538. The molecule has 0 aliphatic rings. The summed E-state index contributed by atoms with van der Waals surface area (Å²) in [6.07, 6.45) is 8.85. The number of aliphatic carboxylic acids is 1. The van der Waals surface area contributed by atoms with Gasteiger partial charge >= 0.3 is 5.97 Å². The average molecular weight is 194 g/mol. The minimum Gasteiger partial charge on any atom is -0.478 e. The normalized spacial score (nSPS) is 13.6. The van der Waals surface area contributed by atoms with Crippen molar-refractivity contribution in [1.29, 1.82) is 0 Å². The SMILES string of the molecule is CC=CCC(C)=C(CC=CC)C(=O)O. The fraction of sp³-hybridized carbons (Fsp3) is 0.417. The molecule has 0 aromatic heterocycles. The molecule has 0 aromatic carbocycles. The van der Waals surface area contributed by atoms with Gasteiger partial charge in [0.1, 0.15) is 0 Å². The van der Waals surface area contributed by atoms with Gasteiger partial charge in [-0.25, -0.2) is 4.79 Å². The summed E-state index contributed by atoms with van der Waals surface area (Å²) in [4.78, 5) is 10.9. The number of hydrogen-bond acceptors (Lipinski definition) is 1. The van der Waals surface area contributed by atoms with E-state index in [1.54, 1.807) is 0 Å². The van der Waals surface area contributed by atoms with E-state index in [9.17, 15) is 4.79 Å². The standard InChI is InChI=1S/C12H18O2/c1-4-6-8-10(3)11(12(13)14)9-7-5-2/h4-7H,8-9H2,1-3H3,(H,13,14). The predicted octanol–water partition coefficient (Wildman–Crippen LogP) is 3.32.